The van der Waals surface area contributed by atoms with E-state index in [1.54, 1.807) is 13.2 Å². The summed E-state index contributed by atoms with van der Waals surface area (Å²) in [5, 5.41) is 11.0. The number of rotatable bonds is 7. The van der Waals surface area contributed by atoms with Gasteiger partial charge in [-0.05, 0) is 42.2 Å². The lowest BCUT2D eigenvalue weighted by Gasteiger charge is -2.12. The van der Waals surface area contributed by atoms with E-state index in [-0.39, 0.29) is 24.0 Å². The van der Waals surface area contributed by atoms with Crippen molar-refractivity contribution < 1.29 is 0 Å². The average Bonchev–Trinajstić information content (AvgIpc) is 3.23. The van der Waals surface area contributed by atoms with E-state index in [0.29, 0.717) is 6.54 Å². The van der Waals surface area contributed by atoms with Gasteiger partial charge in [-0.25, -0.2) is 4.68 Å². The molecule has 0 unspecified atom stereocenters. The molecular weight excluding hydrogens is 449 g/mol. The minimum atomic E-state index is 0. The molecule has 0 spiro atoms. The molecule has 6 heteroatoms. The molecule has 0 aliphatic heterocycles. The fourth-order valence-electron chi connectivity index (χ4n) is 2.78. The van der Waals surface area contributed by atoms with Gasteiger partial charge in [-0.3, -0.25) is 4.99 Å². The molecule has 0 saturated heterocycles. The maximum absolute atomic E-state index is 4.30. The monoisotopic (exact) mass is 475 g/mol. The lowest BCUT2D eigenvalue weighted by atomic mass is 10.1. The third-order valence-electron chi connectivity index (χ3n) is 4.14. The number of nitrogens with one attached hydrogen (secondary N) is 2. The zero-order valence-electron chi connectivity index (χ0n) is 15.5. The third kappa shape index (κ3) is 6.71. The van der Waals surface area contributed by atoms with Crippen molar-refractivity contribution in [3.63, 3.8) is 0 Å². The molecule has 2 N–H and O–H groups in total. The predicted octanol–water partition coefficient (Wildman–Crippen LogP) is 3.79. The smallest absolute Gasteiger partial charge is 0.191 e. The summed E-state index contributed by atoms with van der Waals surface area (Å²) in [6, 6.07) is 20.8. The number of hydrogen-bond acceptors (Lipinski definition) is 2. The molecule has 0 aliphatic carbocycles. The van der Waals surface area contributed by atoms with Crippen LogP contribution in [0.1, 0.15) is 17.5 Å². The zero-order chi connectivity index (χ0) is 18.0. The molecule has 0 fully saturated rings. The van der Waals surface area contributed by atoms with Crippen LogP contribution in [0.15, 0.2) is 78.0 Å². The number of aryl methyl sites for hydroxylation is 1. The SMILES string of the molecule is CN=C(NCCCc1ccccc1)NCc1cccc(-n2cccn2)c1.I. The highest BCUT2D eigenvalue weighted by Crippen LogP contribution is 2.09. The Morgan fingerprint density at radius 3 is 2.56 bits per heavy atom. The molecule has 142 valence electrons. The fraction of sp³-hybridized carbons (Fsp3) is 0.238. The summed E-state index contributed by atoms with van der Waals surface area (Å²) in [6.07, 6.45) is 5.86. The number of guanidine groups is 1. The van der Waals surface area contributed by atoms with Crippen molar-refractivity contribution in [2.45, 2.75) is 19.4 Å². The Kier molecular flexibility index (Phi) is 8.83. The van der Waals surface area contributed by atoms with Crippen LogP contribution < -0.4 is 10.6 Å². The molecule has 5 nitrogen and oxygen atoms in total. The molecule has 1 heterocycles. The predicted molar refractivity (Wildman–Crippen MR) is 122 cm³/mol. The van der Waals surface area contributed by atoms with E-state index in [1.807, 2.05) is 29.1 Å². The molecule has 0 saturated carbocycles. The Morgan fingerprint density at radius 2 is 1.81 bits per heavy atom. The summed E-state index contributed by atoms with van der Waals surface area (Å²) in [5.41, 5.74) is 3.61. The van der Waals surface area contributed by atoms with Crippen molar-refractivity contribution in [2.24, 2.45) is 4.99 Å². The zero-order valence-corrected chi connectivity index (χ0v) is 17.8. The number of nitrogens with zero attached hydrogens (tertiary/aromatic N) is 3. The number of aliphatic imine (C=N–C) groups is 1. The largest absolute Gasteiger partial charge is 0.356 e. The normalized spacial score (nSPS) is 10.9. The standard InChI is InChI=1S/C21H25N5.HI/c1-22-21(23-13-6-11-18-8-3-2-4-9-18)24-17-19-10-5-12-20(16-19)26-15-7-14-25-26;/h2-5,7-10,12,14-16H,6,11,13,17H2,1H3,(H2,22,23,24);1H. The Bertz CT molecular complexity index is 816. The summed E-state index contributed by atoms with van der Waals surface area (Å²) in [6.45, 7) is 1.61. The summed E-state index contributed by atoms with van der Waals surface area (Å²) in [7, 11) is 1.80. The van der Waals surface area contributed by atoms with Crippen molar-refractivity contribution in [3.8, 4) is 5.69 Å². The molecule has 1 aromatic heterocycles. The lowest BCUT2D eigenvalue weighted by Crippen LogP contribution is -2.37. The maximum Gasteiger partial charge on any atom is 0.191 e. The Balaban J connectivity index is 0.00000261. The van der Waals surface area contributed by atoms with Gasteiger partial charge in [0.1, 0.15) is 0 Å². The maximum atomic E-state index is 4.30. The van der Waals surface area contributed by atoms with E-state index in [2.05, 4.69) is 63.2 Å². The van der Waals surface area contributed by atoms with Gasteiger partial charge in [-0.1, -0.05) is 42.5 Å². The quantitative estimate of drug-likeness (QED) is 0.237. The summed E-state index contributed by atoms with van der Waals surface area (Å²) in [5.74, 6) is 0.822. The van der Waals surface area contributed by atoms with Crippen LogP contribution in [-0.4, -0.2) is 29.3 Å². The van der Waals surface area contributed by atoms with Gasteiger partial charge in [0.25, 0.3) is 0 Å². The first-order valence-corrected chi connectivity index (χ1v) is 8.92. The first kappa shape index (κ1) is 21.0. The van der Waals surface area contributed by atoms with Crippen molar-refractivity contribution in [2.75, 3.05) is 13.6 Å². The summed E-state index contributed by atoms with van der Waals surface area (Å²) in [4.78, 5) is 4.30. The third-order valence-corrected chi connectivity index (χ3v) is 4.14. The number of hydrogen-bond donors (Lipinski definition) is 2. The molecule has 0 radical (unpaired) electrons. The van der Waals surface area contributed by atoms with Gasteiger partial charge in [-0.2, -0.15) is 5.10 Å². The second-order valence-corrected chi connectivity index (χ2v) is 6.06. The second kappa shape index (κ2) is 11.4. The van der Waals surface area contributed by atoms with E-state index < -0.39 is 0 Å². The van der Waals surface area contributed by atoms with Crippen molar-refractivity contribution >= 4 is 29.9 Å². The Morgan fingerprint density at radius 1 is 1.00 bits per heavy atom. The minimum absolute atomic E-state index is 0. The minimum Gasteiger partial charge on any atom is -0.356 e. The van der Waals surface area contributed by atoms with E-state index >= 15 is 0 Å². The average molecular weight is 475 g/mol. The molecule has 0 amide bonds. The van der Waals surface area contributed by atoms with E-state index in [4.69, 9.17) is 0 Å². The second-order valence-electron chi connectivity index (χ2n) is 6.06. The number of aromatic nitrogens is 2. The van der Waals surface area contributed by atoms with Crippen LogP contribution in [0.4, 0.5) is 0 Å². The van der Waals surface area contributed by atoms with Gasteiger partial charge in [0, 0.05) is 32.5 Å². The van der Waals surface area contributed by atoms with E-state index in [9.17, 15) is 0 Å². The number of halogens is 1. The van der Waals surface area contributed by atoms with E-state index in [1.165, 1.54) is 11.1 Å². The van der Waals surface area contributed by atoms with Gasteiger partial charge in [0.05, 0.1) is 5.69 Å². The summed E-state index contributed by atoms with van der Waals surface area (Å²) >= 11 is 0. The van der Waals surface area contributed by atoms with E-state index in [0.717, 1.165) is 31.0 Å². The van der Waals surface area contributed by atoms with Crippen LogP contribution in [0.25, 0.3) is 5.69 Å². The highest BCUT2D eigenvalue weighted by molar-refractivity contribution is 14.0. The highest BCUT2D eigenvalue weighted by atomic mass is 127. The van der Waals surface area contributed by atoms with Gasteiger partial charge < -0.3 is 10.6 Å². The lowest BCUT2D eigenvalue weighted by molar-refractivity contribution is 0.741. The van der Waals surface area contributed by atoms with Crippen LogP contribution in [-0.2, 0) is 13.0 Å². The Labute approximate surface area is 177 Å². The molecule has 0 atom stereocenters. The van der Waals surface area contributed by atoms with Crippen LogP contribution in [0.5, 0.6) is 0 Å². The van der Waals surface area contributed by atoms with Crippen molar-refractivity contribution in [3.05, 3.63) is 84.2 Å². The highest BCUT2D eigenvalue weighted by Gasteiger charge is 2.01. The molecule has 3 rings (SSSR count). The van der Waals surface area contributed by atoms with Crippen LogP contribution in [0, 0.1) is 0 Å². The van der Waals surface area contributed by atoms with Crippen LogP contribution in [0.2, 0.25) is 0 Å². The van der Waals surface area contributed by atoms with Crippen molar-refractivity contribution in [1.29, 1.82) is 0 Å². The molecule has 0 bridgehead atoms. The molecule has 2 aromatic carbocycles. The van der Waals surface area contributed by atoms with Gasteiger partial charge in [0.2, 0.25) is 0 Å². The molecular formula is C21H26IN5. The molecule has 0 aliphatic rings. The van der Waals surface area contributed by atoms with Gasteiger partial charge in [0.15, 0.2) is 5.96 Å². The first-order chi connectivity index (χ1) is 12.8. The Hall–Kier alpha value is -2.35. The summed E-state index contributed by atoms with van der Waals surface area (Å²) < 4.78 is 1.86. The van der Waals surface area contributed by atoms with Crippen molar-refractivity contribution in [1.82, 2.24) is 20.4 Å². The fourth-order valence-corrected chi connectivity index (χ4v) is 2.78. The molecule has 27 heavy (non-hydrogen) atoms. The first-order valence-electron chi connectivity index (χ1n) is 8.92. The van der Waals surface area contributed by atoms with Gasteiger partial charge >= 0.3 is 0 Å². The number of benzene rings is 2. The molecule has 3 aromatic rings. The van der Waals surface area contributed by atoms with Crippen LogP contribution >= 0.6 is 24.0 Å². The topological polar surface area (TPSA) is 54.2 Å². The van der Waals surface area contributed by atoms with Gasteiger partial charge in [-0.15, -0.1) is 24.0 Å². The van der Waals surface area contributed by atoms with Crippen LogP contribution in [0.3, 0.4) is 0 Å².